The SMILES string of the molecule is CCOC(=O)c1cc(C(C)(C)C)n(C2CCN(C(=O)c3ccc(Cl)c(Cl)c3)CC2)n1. The summed E-state index contributed by atoms with van der Waals surface area (Å²) in [4.78, 5) is 26.9. The highest BCUT2D eigenvalue weighted by atomic mass is 35.5. The van der Waals surface area contributed by atoms with Gasteiger partial charge in [-0.2, -0.15) is 5.10 Å². The van der Waals surface area contributed by atoms with Gasteiger partial charge in [0.25, 0.3) is 5.91 Å². The first-order valence-electron chi connectivity index (χ1n) is 10.1. The first kappa shape index (κ1) is 22.6. The highest BCUT2D eigenvalue weighted by molar-refractivity contribution is 6.42. The Bertz CT molecular complexity index is 942. The Morgan fingerprint density at radius 2 is 1.80 bits per heavy atom. The minimum atomic E-state index is -0.408. The van der Waals surface area contributed by atoms with E-state index in [1.807, 2.05) is 15.6 Å². The number of esters is 1. The second-order valence-electron chi connectivity index (χ2n) is 8.48. The lowest BCUT2D eigenvalue weighted by Crippen LogP contribution is -2.40. The maximum absolute atomic E-state index is 12.8. The zero-order valence-electron chi connectivity index (χ0n) is 17.7. The van der Waals surface area contributed by atoms with Crippen LogP contribution in [0.2, 0.25) is 10.0 Å². The first-order valence-corrected chi connectivity index (χ1v) is 10.9. The van der Waals surface area contributed by atoms with E-state index in [4.69, 9.17) is 27.9 Å². The molecule has 0 radical (unpaired) electrons. The maximum atomic E-state index is 12.8. The molecule has 2 heterocycles. The quantitative estimate of drug-likeness (QED) is 0.603. The topological polar surface area (TPSA) is 64.4 Å². The van der Waals surface area contributed by atoms with Crippen LogP contribution in [0, 0.1) is 0 Å². The second kappa shape index (κ2) is 8.98. The van der Waals surface area contributed by atoms with Crippen LogP contribution in [0.5, 0.6) is 0 Å². The highest BCUT2D eigenvalue weighted by Crippen LogP contribution is 2.31. The summed E-state index contributed by atoms with van der Waals surface area (Å²) in [6.45, 7) is 9.57. The minimum Gasteiger partial charge on any atom is -0.461 e. The standard InChI is InChI=1S/C22H27Cl2N3O3/c1-5-30-21(29)18-13-19(22(2,3)4)27(25-18)15-8-10-26(11-9-15)20(28)14-6-7-16(23)17(24)12-14/h6-7,12-13,15H,5,8-11H2,1-4H3. The van der Waals surface area contributed by atoms with Crippen LogP contribution in [0.3, 0.4) is 0 Å². The molecule has 162 valence electrons. The molecule has 0 spiro atoms. The Morgan fingerprint density at radius 1 is 1.13 bits per heavy atom. The minimum absolute atomic E-state index is 0.0595. The predicted molar refractivity (Wildman–Crippen MR) is 118 cm³/mol. The Kier molecular flexibility index (Phi) is 6.78. The van der Waals surface area contributed by atoms with E-state index in [1.54, 1.807) is 25.1 Å². The Morgan fingerprint density at radius 3 is 2.37 bits per heavy atom. The van der Waals surface area contributed by atoms with Crippen molar-refractivity contribution in [3.8, 4) is 0 Å². The molecule has 1 aliphatic rings. The number of amides is 1. The van der Waals surface area contributed by atoms with E-state index in [1.165, 1.54) is 0 Å². The third-order valence-electron chi connectivity index (χ3n) is 5.25. The van der Waals surface area contributed by atoms with Crippen LogP contribution in [0.1, 0.15) is 73.1 Å². The van der Waals surface area contributed by atoms with Gasteiger partial charge in [-0.15, -0.1) is 0 Å². The van der Waals surface area contributed by atoms with Gasteiger partial charge in [-0.1, -0.05) is 44.0 Å². The number of hydrogen-bond donors (Lipinski definition) is 0. The van der Waals surface area contributed by atoms with Crippen molar-refractivity contribution in [2.45, 2.75) is 52.0 Å². The van der Waals surface area contributed by atoms with Crippen molar-refractivity contribution in [3.63, 3.8) is 0 Å². The number of nitrogens with zero attached hydrogens (tertiary/aromatic N) is 3. The third kappa shape index (κ3) is 4.81. The molecule has 1 saturated heterocycles. The number of hydrogen-bond acceptors (Lipinski definition) is 4. The number of carbonyl (C=O) groups is 2. The summed E-state index contributed by atoms with van der Waals surface area (Å²) in [5, 5.41) is 5.37. The van der Waals surface area contributed by atoms with Crippen LogP contribution in [-0.2, 0) is 10.2 Å². The number of halogens is 2. The van der Waals surface area contributed by atoms with Crippen LogP contribution < -0.4 is 0 Å². The van der Waals surface area contributed by atoms with E-state index >= 15 is 0 Å². The molecule has 2 aromatic rings. The summed E-state index contributed by atoms with van der Waals surface area (Å²) >= 11 is 12.0. The lowest BCUT2D eigenvalue weighted by molar-refractivity contribution is 0.0517. The molecule has 0 bridgehead atoms. The molecule has 0 N–H and O–H groups in total. The summed E-state index contributed by atoms with van der Waals surface area (Å²) in [6, 6.07) is 6.88. The van der Waals surface area contributed by atoms with Gasteiger partial charge < -0.3 is 9.64 Å². The molecule has 1 aromatic carbocycles. The van der Waals surface area contributed by atoms with Crippen molar-refractivity contribution in [1.29, 1.82) is 0 Å². The van der Waals surface area contributed by atoms with E-state index in [0.717, 1.165) is 18.5 Å². The summed E-state index contributed by atoms with van der Waals surface area (Å²) in [7, 11) is 0. The van der Waals surface area contributed by atoms with Crippen molar-refractivity contribution in [3.05, 3.63) is 51.3 Å². The van der Waals surface area contributed by atoms with Crippen molar-refractivity contribution < 1.29 is 14.3 Å². The molecule has 1 fully saturated rings. The summed E-state index contributed by atoms with van der Waals surface area (Å²) in [5.41, 5.74) is 1.67. The van der Waals surface area contributed by atoms with Crippen LogP contribution in [0.4, 0.5) is 0 Å². The number of carbonyl (C=O) groups excluding carboxylic acids is 2. The number of likely N-dealkylation sites (tertiary alicyclic amines) is 1. The molecule has 0 aliphatic carbocycles. The number of benzene rings is 1. The average molecular weight is 452 g/mol. The Balaban J connectivity index is 1.76. The van der Waals surface area contributed by atoms with Gasteiger partial charge in [0.15, 0.2) is 5.69 Å². The van der Waals surface area contributed by atoms with E-state index in [0.29, 0.717) is 41.0 Å². The molecule has 1 aromatic heterocycles. The van der Waals surface area contributed by atoms with E-state index in [-0.39, 0.29) is 17.4 Å². The monoisotopic (exact) mass is 451 g/mol. The molecule has 3 rings (SSSR count). The van der Waals surface area contributed by atoms with Crippen molar-refractivity contribution >= 4 is 35.1 Å². The summed E-state index contributed by atoms with van der Waals surface area (Å²) in [5.74, 6) is -0.468. The third-order valence-corrected chi connectivity index (χ3v) is 5.99. The molecular formula is C22H27Cl2N3O3. The van der Waals surface area contributed by atoms with Gasteiger partial charge in [0.1, 0.15) is 0 Å². The van der Waals surface area contributed by atoms with Crippen molar-refractivity contribution in [2.24, 2.45) is 0 Å². The normalized spacial score (nSPS) is 15.3. The molecule has 8 heteroatoms. The van der Waals surface area contributed by atoms with Gasteiger partial charge in [-0.3, -0.25) is 9.48 Å². The number of ether oxygens (including phenoxy) is 1. The maximum Gasteiger partial charge on any atom is 0.358 e. The van der Waals surface area contributed by atoms with Gasteiger partial charge in [0, 0.05) is 29.8 Å². The first-order chi connectivity index (χ1) is 14.1. The van der Waals surface area contributed by atoms with Crippen LogP contribution >= 0.6 is 23.2 Å². The number of piperidine rings is 1. The van der Waals surface area contributed by atoms with Gasteiger partial charge >= 0.3 is 5.97 Å². The summed E-state index contributed by atoms with van der Waals surface area (Å²) < 4.78 is 7.08. The van der Waals surface area contributed by atoms with Gasteiger partial charge in [-0.25, -0.2) is 4.79 Å². The number of rotatable bonds is 4. The van der Waals surface area contributed by atoms with Crippen molar-refractivity contribution in [1.82, 2.24) is 14.7 Å². The highest BCUT2D eigenvalue weighted by Gasteiger charge is 2.31. The molecule has 1 amide bonds. The lowest BCUT2D eigenvalue weighted by Gasteiger charge is -2.34. The van der Waals surface area contributed by atoms with E-state index in [9.17, 15) is 9.59 Å². The number of aromatic nitrogens is 2. The fraction of sp³-hybridized carbons (Fsp3) is 0.500. The van der Waals surface area contributed by atoms with Gasteiger partial charge in [0.2, 0.25) is 0 Å². The van der Waals surface area contributed by atoms with Crippen LogP contribution in [-0.4, -0.2) is 46.3 Å². The van der Waals surface area contributed by atoms with Crippen LogP contribution in [0.25, 0.3) is 0 Å². The fourth-order valence-corrected chi connectivity index (χ4v) is 3.96. The smallest absolute Gasteiger partial charge is 0.358 e. The van der Waals surface area contributed by atoms with Crippen molar-refractivity contribution in [2.75, 3.05) is 19.7 Å². The Labute approximate surface area is 187 Å². The Hall–Kier alpha value is -2.05. The fourth-order valence-electron chi connectivity index (χ4n) is 3.66. The lowest BCUT2D eigenvalue weighted by atomic mass is 9.91. The molecule has 1 aliphatic heterocycles. The molecule has 30 heavy (non-hydrogen) atoms. The average Bonchev–Trinajstić information content (AvgIpc) is 3.16. The molecule has 0 atom stereocenters. The molecule has 0 unspecified atom stereocenters. The van der Waals surface area contributed by atoms with E-state index in [2.05, 4.69) is 25.9 Å². The largest absolute Gasteiger partial charge is 0.461 e. The predicted octanol–water partition coefficient (Wildman–Crippen LogP) is 5.14. The van der Waals surface area contributed by atoms with Crippen LogP contribution in [0.15, 0.2) is 24.3 Å². The molecular weight excluding hydrogens is 425 g/mol. The molecule has 0 saturated carbocycles. The zero-order chi connectivity index (χ0) is 22.1. The van der Waals surface area contributed by atoms with Gasteiger partial charge in [0.05, 0.1) is 22.7 Å². The van der Waals surface area contributed by atoms with Gasteiger partial charge in [-0.05, 0) is 44.0 Å². The zero-order valence-corrected chi connectivity index (χ0v) is 19.3. The second-order valence-corrected chi connectivity index (χ2v) is 9.30. The molecule has 6 nitrogen and oxygen atoms in total. The van der Waals surface area contributed by atoms with E-state index < -0.39 is 5.97 Å². The summed E-state index contributed by atoms with van der Waals surface area (Å²) in [6.07, 6.45) is 1.50.